The molecule has 0 spiro atoms. The average Bonchev–Trinajstić information content (AvgIpc) is 3.05. The maximum Gasteiger partial charge on any atom is 0.414 e. The summed E-state index contributed by atoms with van der Waals surface area (Å²) in [6.07, 6.45) is 0.0471. The van der Waals surface area contributed by atoms with E-state index in [9.17, 15) is 5.11 Å². The summed E-state index contributed by atoms with van der Waals surface area (Å²) in [5, 5.41) is 29.2. The van der Waals surface area contributed by atoms with E-state index in [0.29, 0.717) is 54.9 Å². The lowest BCUT2D eigenvalue weighted by atomic mass is 10.1. The van der Waals surface area contributed by atoms with Crippen LogP contribution < -0.4 is 24.3 Å². The fraction of sp³-hybridized carbons (Fsp3) is 0.235. The number of rotatable bonds is 14. The molecule has 10 nitrogen and oxygen atoms in total. The van der Waals surface area contributed by atoms with Gasteiger partial charge < -0.3 is 39.6 Å². The summed E-state index contributed by atoms with van der Waals surface area (Å²) >= 11 is 0. The second-order valence-electron chi connectivity index (χ2n) is 9.52. The summed E-state index contributed by atoms with van der Waals surface area (Å²) < 4.78 is 22.9. The molecule has 0 aliphatic carbocycles. The van der Waals surface area contributed by atoms with E-state index in [4.69, 9.17) is 38.7 Å². The number of hydrogen-bond acceptors (Lipinski definition) is 8. The summed E-state index contributed by atoms with van der Waals surface area (Å²) in [5.41, 5.74) is 3.97. The molecule has 0 heterocycles. The molecule has 0 fully saturated rings. The van der Waals surface area contributed by atoms with Crippen LogP contribution in [0.2, 0.25) is 0 Å². The zero-order chi connectivity index (χ0) is 31.7. The SMILES string of the molecule is COc1ccc(CCNCC(O)c2ccc(OCc3ccccc3)cc2OCc2ccccc2)cc1OC.O=C(O)C(=O)O. The standard InChI is InChI=1S/C32H35NO5.C2H2O4/c1-35-30-16-13-24(19-32(30)36-2)17-18-33-21-29(34)28-15-14-27(37-22-25-9-5-3-6-10-25)20-31(28)38-23-26-11-7-4-8-12-26;3-1(4)2(5)6/h3-16,19-20,29,33-34H,17-18,21-23H2,1-2H3;(H,3,4)(H,5,6). The van der Waals surface area contributed by atoms with Crippen molar-refractivity contribution in [3.8, 4) is 23.0 Å². The minimum absolute atomic E-state index is 0.388. The third-order valence-corrected chi connectivity index (χ3v) is 6.39. The number of methoxy groups -OCH3 is 2. The fourth-order valence-corrected chi connectivity index (χ4v) is 4.10. The van der Waals surface area contributed by atoms with Crippen molar-refractivity contribution in [1.29, 1.82) is 0 Å². The number of ether oxygens (including phenoxy) is 4. The largest absolute Gasteiger partial charge is 0.493 e. The second kappa shape index (κ2) is 17.8. The molecule has 0 aliphatic heterocycles. The number of carbonyl (C=O) groups is 2. The second-order valence-corrected chi connectivity index (χ2v) is 9.52. The first-order chi connectivity index (χ1) is 21.3. The van der Waals surface area contributed by atoms with Crippen molar-refractivity contribution in [3.05, 3.63) is 119 Å². The lowest BCUT2D eigenvalue weighted by Gasteiger charge is -2.18. The average molecular weight is 604 g/mol. The maximum atomic E-state index is 11.0. The number of aliphatic hydroxyl groups is 1. The van der Waals surface area contributed by atoms with Gasteiger partial charge in [-0.2, -0.15) is 0 Å². The molecule has 0 bridgehead atoms. The summed E-state index contributed by atoms with van der Waals surface area (Å²) in [7, 11) is 3.26. The van der Waals surface area contributed by atoms with Crippen molar-refractivity contribution in [3.63, 3.8) is 0 Å². The number of aliphatic carboxylic acids is 2. The van der Waals surface area contributed by atoms with E-state index in [2.05, 4.69) is 5.32 Å². The van der Waals surface area contributed by atoms with Crippen LogP contribution in [0.15, 0.2) is 97.1 Å². The molecule has 4 aromatic carbocycles. The zero-order valence-electron chi connectivity index (χ0n) is 24.6. The van der Waals surface area contributed by atoms with Crippen molar-refractivity contribution in [1.82, 2.24) is 5.32 Å². The van der Waals surface area contributed by atoms with E-state index < -0.39 is 18.0 Å². The molecule has 0 amide bonds. The molecular weight excluding hydrogens is 566 g/mol. The number of hydrogen-bond donors (Lipinski definition) is 4. The van der Waals surface area contributed by atoms with E-state index in [1.165, 1.54) is 0 Å². The Morgan fingerprint density at radius 2 is 1.27 bits per heavy atom. The van der Waals surface area contributed by atoms with Gasteiger partial charge in [0.2, 0.25) is 0 Å². The molecule has 4 aromatic rings. The van der Waals surface area contributed by atoms with E-state index in [1.54, 1.807) is 14.2 Å². The van der Waals surface area contributed by atoms with Crippen molar-refractivity contribution in [2.75, 3.05) is 27.3 Å². The Morgan fingerprint density at radius 3 is 1.84 bits per heavy atom. The van der Waals surface area contributed by atoms with Crippen LogP contribution in [0, 0.1) is 0 Å². The van der Waals surface area contributed by atoms with Gasteiger partial charge in [0, 0.05) is 18.2 Å². The maximum absolute atomic E-state index is 11.0. The molecule has 0 radical (unpaired) electrons. The van der Waals surface area contributed by atoms with Crippen molar-refractivity contribution in [2.24, 2.45) is 0 Å². The Morgan fingerprint density at radius 1 is 0.682 bits per heavy atom. The van der Waals surface area contributed by atoms with Crippen LogP contribution in [-0.2, 0) is 29.2 Å². The van der Waals surface area contributed by atoms with Gasteiger partial charge in [-0.15, -0.1) is 0 Å². The highest BCUT2D eigenvalue weighted by Crippen LogP contribution is 2.31. The lowest BCUT2D eigenvalue weighted by molar-refractivity contribution is -0.159. The molecule has 4 N–H and O–H groups in total. The molecular formula is C34H37NO9. The van der Waals surface area contributed by atoms with Gasteiger partial charge >= 0.3 is 11.9 Å². The Bertz CT molecular complexity index is 1450. The molecule has 44 heavy (non-hydrogen) atoms. The highest BCUT2D eigenvalue weighted by molar-refractivity contribution is 6.27. The molecule has 0 saturated heterocycles. The summed E-state index contributed by atoms with van der Waals surface area (Å²) in [6.45, 7) is 1.94. The number of nitrogens with one attached hydrogen (secondary N) is 1. The number of benzene rings is 4. The van der Waals surface area contributed by atoms with Gasteiger partial charge in [-0.25, -0.2) is 9.59 Å². The number of carboxylic acid groups (broad SMARTS) is 2. The van der Waals surface area contributed by atoms with Crippen molar-refractivity contribution in [2.45, 2.75) is 25.7 Å². The first-order valence-electron chi connectivity index (χ1n) is 13.8. The molecule has 0 saturated carbocycles. The van der Waals surface area contributed by atoms with E-state index >= 15 is 0 Å². The van der Waals surface area contributed by atoms with Crippen LogP contribution in [0.5, 0.6) is 23.0 Å². The number of aliphatic hydroxyl groups excluding tert-OH is 1. The minimum Gasteiger partial charge on any atom is -0.493 e. The molecule has 0 aliphatic rings. The Labute approximate surface area is 256 Å². The quantitative estimate of drug-likeness (QED) is 0.116. The summed E-state index contributed by atoms with van der Waals surface area (Å²) in [6, 6.07) is 31.5. The third kappa shape index (κ3) is 11.0. The van der Waals surface area contributed by atoms with Crippen molar-refractivity contribution >= 4 is 11.9 Å². The molecule has 10 heteroatoms. The smallest absolute Gasteiger partial charge is 0.414 e. The molecule has 1 unspecified atom stereocenters. The molecule has 1 atom stereocenters. The van der Waals surface area contributed by atoms with Gasteiger partial charge in [-0.1, -0.05) is 66.7 Å². The Balaban J connectivity index is 0.000000801. The van der Waals surface area contributed by atoms with Crippen LogP contribution in [0.3, 0.4) is 0 Å². The van der Waals surface area contributed by atoms with Gasteiger partial charge in [0.1, 0.15) is 24.7 Å². The van der Waals surface area contributed by atoms with E-state index in [0.717, 1.165) is 23.1 Å². The van der Waals surface area contributed by atoms with Crippen LogP contribution in [0.25, 0.3) is 0 Å². The van der Waals surface area contributed by atoms with Gasteiger partial charge in [-0.3, -0.25) is 0 Å². The van der Waals surface area contributed by atoms with Crippen molar-refractivity contribution < 1.29 is 43.9 Å². The highest BCUT2D eigenvalue weighted by atomic mass is 16.5. The zero-order valence-corrected chi connectivity index (χ0v) is 24.6. The monoisotopic (exact) mass is 603 g/mol. The van der Waals surface area contributed by atoms with E-state index in [-0.39, 0.29) is 0 Å². The topological polar surface area (TPSA) is 144 Å². The van der Waals surface area contributed by atoms with Gasteiger partial charge in [0.15, 0.2) is 11.5 Å². The number of carboxylic acids is 2. The summed E-state index contributed by atoms with van der Waals surface area (Å²) in [5.74, 6) is -0.938. The fourth-order valence-electron chi connectivity index (χ4n) is 4.10. The van der Waals surface area contributed by atoms with Crippen LogP contribution in [0.1, 0.15) is 28.4 Å². The van der Waals surface area contributed by atoms with Gasteiger partial charge in [0.25, 0.3) is 0 Å². The highest BCUT2D eigenvalue weighted by Gasteiger charge is 2.16. The molecule has 232 valence electrons. The predicted molar refractivity (Wildman–Crippen MR) is 164 cm³/mol. The Kier molecular flexibility index (Phi) is 13.5. The Hall–Kier alpha value is -5.06. The van der Waals surface area contributed by atoms with E-state index in [1.807, 2.05) is 97.1 Å². The first-order valence-corrected chi connectivity index (χ1v) is 13.8. The van der Waals surface area contributed by atoms with Crippen LogP contribution in [-0.4, -0.2) is 54.6 Å². The third-order valence-electron chi connectivity index (χ3n) is 6.39. The first kappa shape index (κ1) is 33.4. The predicted octanol–water partition coefficient (Wildman–Crippen LogP) is 4.88. The van der Waals surface area contributed by atoms with Gasteiger partial charge in [-0.05, 0) is 53.9 Å². The minimum atomic E-state index is -1.82. The van der Waals surface area contributed by atoms with Crippen LogP contribution in [0.4, 0.5) is 0 Å². The normalized spacial score (nSPS) is 11.0. The van der Waals surface area contributed by atoms with Crippen LogP contribution >= 0.6 is 0 Å². The van der Waals surface area contributed by atoms with Gasteiger partial charge in [0.05, 0.1) is 20.3 Å². The lowest BCUT2D eigenvalue weighted by Crippen LogP contribution is -2.24. The molecule has 4 rings (SSSR count). The summed E-state index contributed by atoms with van der Waals surface area (Å²) in [4.78, 5) is 18.2. The molecule has 0 aromatic heterocycles.